The van der Waals surface area contributed by atoms with Crippen molar-refractivity contribution in [1.82, 2.24) is 9.88 Å². The Labute approximate surface area is 97.6 Å². The van der Waals surface area contributed by atoms with Crippen LogP contribution in [0.3, 0.4) is 0 Å². The molecule has 17 heavy (non-hydrogen) atoms. The number of carbonyl (C=O) groups excluding carboxylic acids is 2. The summed E-state index contributed by atoms with van der Waals surface area (Å²) in [6.45, 7) is 0. The number of aromatic nitrogens is 1. The fourth-order valence-electron chi connectivity index (χ4n) is 1.71. The second-order valence-corrected chi connectivity index (χ2v) is 4.01. The molecule has 0 aliphatic carbocycles. The molecule has 1 saturated heterocycles. The van der Waals surface area contributed by atoms with E-state index < -0.39 is 6.04 Å². The highest BCUT2D eigenvalue weighted by Crippen LogP contribution is 2.10. The first-order chi connectivity index (χ1) is 8.06. The zero-order valence-corrected chi connectivity index (χ0v) is 9.40. The Bertz CT molecular complexity index is 521. The number of hydrogen-bond acceptors (Lipinski definition) is 3. The standard InChI is InChI=1S/C11H13N3O3/c1-14-6-7(2-5-10(14)16)12-11(17)8-3-4-9(15)13-8/h2,5-6,8H,3-4H2,1H3,(H,12,17)(H,13,15). The van der Waals surface area contributed by atoms with Crippen LogP contribution in [0.15, 0.2) is 23.1 Å². The molecule has 1 aliphatic rings. The smallest absolute Gasteiger partial charge is 0.250 e. The predicted molar refractivity (Wildman–Crippen MR) is 61.5 cm³/mol. The summed E-state index contributed by atoms with van der Waals surface area (Å²) >= 11 is 0. The van der Waals surface area contributed by atoms with Crippen LogP contribution < -0.4 is 16.2 Å². The number of hydrogen-bond donors (Lipinski definition) is 2. The van der Waals surface area contributed by atoms with E-state index in [0.717, 1.165) is 0 Å². The van der Waals surface area contributed by atoms with E-state index in [-0.39, 0.29) is 17.4 Å². The van der Waals surface area contributed by atoms with Gasteiger partial charge in [0.05, 0.1) is 5.69 Å². The Kier molecular flexibility index (Phi) is 2.95. The van der Waals surface area contributed by atoms with E-state index in [1.807, 2.05) is 0 Å². The summed E-state index contributed by atoms with van der Waals surface area (Å²) in [5, 5.41) is 5.24. The molecule has 2 rings (SSSR count). The zero-order chi connectivity index (χ0) is 12.4. The molecule has 2 amide bonds. The summed E-state index contributed by atoms with van der Waals surface area (Å²) < 4.78 is 1.38. The van der Waals surface area contributed by atoms with Gasteiger partial charge in [0.25, 0.3) is 0 Å². The van der Waals surface area contributed by atoms with E-state index in [1.165, 1.54) is 22.9 Å². The van der Waals surface area contributed by atoms with Gasteiger partial charge in [0.15, 0.2) is 0 Å². The van der Waals surface area contributed by atoms with Crippen molar-refractivity contribution in [2.24, 2.45) is 7.05 Å². The van der Waals surface area contributed by atoms with Gasteiger partial charge in [-0.1, -0.05) is 0 Å². The maximum absolute atomic E-state index is 11.7. The minimum Gasteiger partial charge on any atom is -0.344 e. The third-order valence-electron chi connectivity index (χ3n) is 2.67. The molecule has 0 radical (unpaired) electrons. The van der Waals surface area contributed by atoms with Crippen LogP contribution in [0.2, 0.25) is 0 Å². The molecule has 0 aromatic carbocycles. The fraction of sp³-hybridized carbons (Fsp3) is 0.364. The van der Waals surface area contributed by atoms with Gasteiger partial charge in [-0.25, -0.2) is 0 Å². The van der Waals surface area contributed by atoms with Crippen LogP contribution >= 0.6 is 0 Å². The Balaban J connectivity index is 2.05. The lowest BCUT2D eigenvalue weighted by Gasteiger charge is -2.11. The average molecular weight is 235 g/mol. The van der Waals surface area contributed by atoms with Crippen molar-refractivity contribution in [1.29, 1.82) is 0 Å². The Morgan fingerprint density at radius 1 is 1.47 bits per heavy atom. The van der Waals surface area contributed by atoms with Gasteiger partial charge in [-0.2, -0.15) is 0 Å². The molecule has 1 unspecified atom stereocenters. The Morgan fingerprint density at radius 3 is 2.82 bits per heavy atom. The molecule has 1 fully saturated rings. The molecule has 0 saturated carbocycles. The highest BCUT2D eigenvalue weighted by Gasteiger charge is 2.27. The lowest BCUT2D eigenvalue weighted by Crippen LogP contribution is -2.37. The van der Waals surface area contributed by atoms with E-state index in [1.54, 1.807) is 7.05 Å². The van der Waals surface area contributed by atoms with Gasteiger partial charge < -0.3 is 15.2 Å². The highest BCUT2D eigenvalue weighted by atomic mass is 16.2. The molecule has 2 heterocycles. The number of pyridine rings is 1. The van der Waals surface area contributed by atoms with Gasteiger partial charge in [0.1, 0.15) is 6.04 Å². The normalized spacial score (nSPS) is 18.9. The van der Waals surface area contributed by atoms with Crippen LogP contribution in [-0.4, -0.2) is 22.4 Å². The predicted octanol–water partition coefficient (Wildman–Crippen LogP) is -0.398. The first-order valence-electron chi connectivity index (χ1n) is 5.33. The molecule has 1 aliphatic heterocycles. The van der Waals surface area contributed by atoms with Crippen LogP contribution in [0.4, 0.5) is 5.69 Å². The number of rotatable bonds is 2. The summed E-state index contributed by atoms with van der Waals surface area (Å²) in [5.74, 6) is -0.361. The third kappa shape index (κ3) is 2.52. The van der Waals surface area contributed by atoms with Crippen molar-refractivity contribution in [3.05, 3.63) is 28.7 Å². The van der Waals surface area contributed by atoms with Crippen molar-refractivity contribution < 1.29 is 9.59 Å². The van der Waals surface area contributed by atoms with Gasteiger partial charge in [0.2, 0.25) is 17.4 Å². The molecule has 2 N–H and O–H groups in total. The van der Waals surface area contributed by atoms with Crippen LogP contribution in [0, 0.1) is 0 Å². The summed E-state index contributed by atoms with van der Waals surface area (Å²) in [6.07, 6.45) is 2.43. The second kappa shape index (κ2) is 4.40. The van der Waals surface area contributed by atoms with Crippen molar-refractivity contribution >= 4 is 17.5 Å². The molecular formula is C11H13N3O3. The van der Waals surface area contributed by atoms with Crippen molar-refractivity contribution in [3.63, 3.8) is 0 Å². The van der Waals surface area contributed by atoms with E-state index in [0.29, 0.717) is 18.5 Å². The minimum absolute atomic E-state index is 0.106. The molecule has 1 aromatic heterocycles. The fourth-order valence-corrected chi connectivity index (χ4v) is 1.71. The van der Waals surface area contributed by atoms with Gasteiger partial charge in [0, 0.05) is 25.7 Å². The second-order valence-electron chi connectivity index (χ2n) is 4.01. The number of aryl methyl sites for hydroxylation is 1. The number of amides is 2. The zero-order valence-electron chi connectivity index (χ0n) is 9.40. The van der Waals surface area contributed by atoms with Crippen molar-refractivity contribution in [3.8, 4) is 0 Å². The lowest BCUT2D eigenvalue weighted by molar-refractivity contribution is -0.122. The third-order valence-corrected chi connectivity index (χ3v) is 2.67. The maximum atomic E-state index is 11.7. The molecule has 0 spiro atoms. The highest BCUT2D eigenvalue weighted by molar-refractivity contribution is 5.98. The van der Waals surface area contributed by atoms with Gasteiger partial charge in [-0.05, 0) is 12.5 Å². The minimum atomic E-state index is -0.472. The largest absolute Gasteiger partial charge is 0.344 e. The monoisotopic (exact) mass is 235 g/mol. The number of anilines is 1. The number of nitrogens with zero attached hydrogens (tertiary/aromatic N) is 1. The summed E-state index contributed by atoms with van der Waals surface area (Å²) in [6, 6.07) is 2.44. The Hall–Kier alpha value is -2.11. The van der Waals surface area contributed by atoms with E-state index in [9.17, 15) is 14.4 Å². The molecule has 6 heteroatoms. The first-order valence-corrected chi connectivity index (χ1v) is 5.33. The first kappa shape index (κ1) is 11.4. The number of nitrogens with one attached hydrogen (secondary N) is 2. The summed E-state index contributed by atoms with van der Waals surface area (Å²) in [7, 11) is 1.61. The maximum Gasteiger partial charge on any atom is 0.250 e. The van der Waals surface area contributed by atoms with Gasteiger partial charge >= 0.3 is 0 Å². The topological polar surface area (TPSA) is 80.2 Å². The molecule has 1 atom stereocenters. The molecule has 1 aromatic rings. The van der Waals surface area contributed by atoms with Crippen molar-refractivity contribution in [2.75, 3.05) is 5.32 Å². The van der Waals surface area contributed by atoms with Gasteiger partial charge in [-0.15, -0.1) is 0 Å². The molecule has 6 nitrogen and oxygen atoms in total. The average Bonchev–Trinajstić information content (AvgIpc) is 2.70. The van der Waals surface area contributed by atoms with E-state index >= 15 is 0 Å². The Morgan fingerprint density at radius 2 is 2.24 bits per heavy atom. The van der Waals surface area contributed by atoms with Crippen LogP contribution in [0.1, 0.15) is 12.8 Å². The lowest BCUT2D eigenvalue weighted by atomic mass is 10.2. The SMILES string of the molecule is Cn1cc(NC(=O)C2CCC(=O)N2)ccc1=O. The van der Waals surface area contributed by atoms with E-state index in [4.69, 9.17) is 0 Å². The van der Waals surface area contributed by atoms with Gasteiger partial charge in [-0.3, -0.25) is 14.4 Å². The van der Waals surface area contributed by atoms with Crippen molar-refractivity contribution in [2.45, 2.75) is 18.9 Å². The van der Waals surface area contributed by atoms with Crippen LogP contribution in [0.5, 0.6) is 0 Å². The van der Waals surface area contributed by atoms with Crippen LogP contribution in [0.25, 0.3) is 0 Å². The molecular weight excluding hydrogens is 222 g/mol. The molecule has 0 bridgehead atoms. The van der Waals surface area contributed by atoms with E-state index in [2.05, 4.69) is 10.6 Å². The number of carbonyl (C=O) groups is 2. The quantitative estimate of drug-likeness (QED) is 0.732. The van der Waals surface area contributed by atoms with Crippen LogP contribution in [-0.2, 0) is 16.6 Å². The molecule has 90 valence electrons. The summed E-state index contributed by atoms with van der Waals surface area (Å²) in [5.41, 5.74) is 0.399. The summed E-state index contributed by atoms with van der Waals surface area (Å²) in [4.78, 5) is 33.9.